The molecule has 12 atom stereocenters. The number of primary amides is 1. The van der Waals surface area contributed by atoms with E-state index in [1.165, 1.54) is 26.2 Å². The Balaban J connectivity index is 1.69. The SMILES string of the molecule is CC[C@H](C)[C@@H]([C@@H](CC(=O)N1CCC[C@H]1[C@H](OC)[C@@H](C)C(=O)N[C@H](C)[C@@H](O)c1ccccc1)OC)N(C)C(=O)[C@@H](CC(=O)C(C(C)C)N(C)C(=O)OCc1ccc(NC(=O)[C@H](CCCNC(N)=O)CC(=O)C(NC(=O)CCCCCC(=O)NN)C(C)C)cc1)C(C)C. The van der Waals surface area contributed by atoms with Crippen molar-refractivity contribution < 1.29 is 67.3 Å². The van der Waals surface area contributed by atoms with Gasteiger partial charge in [0.25, 0.3) is 0 Å². The lowest BCUT2D eigenvalue weighted by Crippen LogP contribution is -2.55. The minimum Gasteiger partial charge on any atom is -0.445 e. The maximum Gasteiger partial charge on any atom is 0.410 e. The van der Waals surface area contributed by atoms with E-state index in [1.54, 1.807) is 80.9 Å². The lowest BCUT2D eigenvalue weighted by atomic mass is 9.83. The normalized spacial score (nSPS) is 16.8. The topological polar surface area (TPSA) is 341 Å². The van der Waals surface area contributed by atoms with Crippen LogP contribution in [0.15, 0.2) is 54.6 Å². The highest BCUT2D eigenvalue weighted by Crippen LogP contribution is 2.32. The summed E-state index contributed by atoms with van der Waals surface area (Å²) in [5.41, 5.74) is 8.95. The molecule has 9 amide bonds. The molecule has 0 bridgehead atoms. The number of benzene rings is 2. The molecule has 91 heavy (non-hydrogen) atoms. The second kappa shape index (κ2) is 39.4. The number of likely N-dealkylation sites (tertiary alicyclic amines) is 1. The first-order valence-electron chi connectivity index (χ1n) is 32.3. The number of aliphatic hydroxyl groups excluding tert-OH is 1. The van der Waals surface area contributed by atoms with Crippen molar-refractivity contribution in [3.05, 3.63) is 65.7 Å². The number of amides is 9. The summed E-state index contributed by atoms with van der Waals surface area (Å²) in [4.78, 5) is 139. The van der Waals surface area contributed by atoms with Gasteiger partial charge in [0.05, 0.1) is 60.9 Å². The van der Waals surface area contributed by atoms with Crippen LogP contribution in [0.2, 0.25) is 0 Å². The van der Waals surface area contributed by atoms with Gasteiger partial charge in [-0.25, -0.2) is 15.4 Å². The number of nitrogens with zero attached hydrogens (tertiary/aromatic N) is 3. The van der Waals surface area contributed by atoms with Crippen LogP contribution in [0.5, 0.6) is 0 Å². The van der Waals surface area contributed by atoms with Gasteiger partial charge >= 0.3 is 12.1 Å². The van der Waals surface area contributed by atoms with E-state index in [9.17, 15) is 53.1 Å². The highest BCUT2D eigenvalue weighted by atomic mass is 16.6. The van der Waals surface area contributed by atoms with E-state index in [2.05, 4.69) is 26.7 Å². The van der Waals surface area contributed by atoms with Crippen LogP contribution in [-0.2, 0) is 59.2 Å². The van der Waals surface area contributed by atoms with Crippen molar-refractivity contribution in [2.24, 2.45) is 53.0 Å². The number of anilines is 1. The quantitative estimate of drug-likeness (QED) is 0.0149. The predicted octanol–water partition coefficient (Wildman–Crippen LogP) is 6.71. The van der Waals surface area contributed by atoms with Crippen molar-refractivity contribution in [1.29, 1.82) is 0 Å². The van der Waals surface area contributed by atoms with E-state index in [0.29, 0.717) is 68.3 Å². The number of unbranched alkanes of at least 4 members (excludes halogenated alkanes) is 2. The molecule has 0 saturated carbocycles. The second-order valence-electron chi connectivity index (χ2n) is 25.5. The fourth-order valence-corrected chi connectivity index (χ4v) is 12.2. The molecule has 24 nitrogen and oxygen atoms in total. The summed E-state index contributed by atoms with van der Waals surface area (Å²) < 4.78 is 17.8. The molecule has 2 aromatic carbocycles. The molecule has 510 valence electrons. The van der Waals surface area contributed by atoms with Crippen molar-refractivity contribution in [1.82, 2.24) is 36.1 Å². The molecule has 1 aliphatic heterocycles. The number of hydrogen-bond acceptors (Lipinski definition) is 15. The summed E-state index contributed by atoms with van der Waals surface area (Å²) >= 11 is 0. The number of carbonyl (C=O) groups is 10. The van der Waals surface area contributed by atoms with E-state index >= 15 is 0 Å². The minimum atomic E-state index is -0.964. The van der Waals surface area contributed by atoms with Crippen LogP contribution < -0.4 is 38.3 Å². The third kappa shape index (κ3) is 24.5. The summed E-state index contributed by atoms with van der Waals surface area (Å²) in [6, 6.07) is 11.5. The minimum absolute atomic E-state index is 0.0667. The molecular weight excluding hydrogens is 1170 g/mol. The number of urea groups is 1. The van der Waals surface area contributed by atoms with Gasteiger partial charge in [-0.15, -0.1) is 0 Å². The number of likely N-dealkylation sites (N-methyl/N-ethyl adjacent to an activating group) is 2. The monoisotopic (exact) mass is 1280 g/mol. The molecular formula is C67H108N10O14. The molecule has 1 aliphatic rings. The first-order chi connectivity index (χ1) is 43.0. The van der Waals surface area contributed by atoms with E-state index in [0.717, 1.165) is 0 Å². The van der Waals surface area contributed by atoms with E-state index < -0.39 is 84.3 Å². The third-order valence-corrected chi connectivity index (χ3v) is 17.7. The largest absolute Gasteiger partial charge is 0.445 e. The number of nitrogens with two attached hydrogens (primary N) is 2. The Morgan fingerprint density at radius 3 is 1.92 bits per heavy atom. The zero-order chi connectivity index (χ0) is 68.2. The van der Waals surface area contributed by atoms with Gasteiger partial charge in [-0.2, -0.15) is 0 Å². The standard InChI is InChI=1S/C67H108N10O14/c1-15-43(8)60(54(89-13)38-57(82)77-35-23-27-51(77)62(90-14)44(9)63(84)71-45(10)61(83)47-24-18-16-19-25-47)75(11)65(86)50(40(2)3)37-53(79)59(42(6)7)76(12)67(88)91-39-46-30-32-49(33-31-46)72-64(85)48(26-22-34-70-66(68)87)36-52(78)58(41(4)5)73-55(80)28-20-17-21-29-56(81)74-69/h16,18-19,24-25,30-33,40-45,48,50-51,54,58-62,83H,15,17,20-23,26-29,34-39,69H2,1-14H3,(H,71,84)(H,72,85)(H,73,80)(H,74,81)(H3,68,70,87)/t43-,44+,45+,48+,50-,51-,54+,58?,59?,60-,61+,62+/m0/s1. The summed E-state index contributed by atoms with van der Waals surface area (Å²) in [5, 5.41) is 22.1. The molecule has 10 N–H and O–H groups in total. The van der Waals surface area contributed by atoms with Crippen LogP contribution in [-0.4, -0.2) is 163 Å². The van der Waals surface area contributed by atoms with Gasteiger partial charge in [-0.05, 0) is 92.4 Å². The van der Waals surface area contributed by atoms with Crippen molar-refractivity contribution in [3.63, 3.8) is 0 Å². The highest BCUT2D eigenvalue weighted by molar-refractivity contribution is 5.97. The number of carbonyl (C=O) groups excluding carboxylic acids is 10. The molecule has 2 aromatic rings. The fraction of sp³-hybridized carbons (Fsp3) is 0.672. The number of rotatable bonds is 40. The first-order valence-corrected chi connectivity index (χ1v) is 32.3. The number of ketones is 2. The highest BCUT2D eigenvalue weighted by Gasteiger charge is 2.44. The fourth-order valence-electron chi connectivity index (χ4n) is 12.2. The summed E-state index contributed by atoms with van der Waals surface area (Å²) in [6.07, 6.45) is 0.981. The Hall–Kier alpha value is -7.02. The van der Waals surface area contributed by atoms with Gasteiger partial charge in [0.1, 0.15) is 6.61 Å². The van der Waals surface area contributed by atoms with Crippen LogP contribution >= 0.6 is 0 Å². The molecule has 0 spiro atoms. The second-order valence-corrected chi connectivity index (χ2v) is 25.5. The van der Waals surface area contributed by atoms with Crippen LogP contribution in [0.1, 0.15) is 170 Å². The molecule has 0 aromatic heterocycles. The number of hydrazine groups is 1. The molecule has 1 saturated heterocycles. The van der Waals surface area contributed by atoms with Crippen LogP contribution in [0.4, 0.5) is 15.3 Å². The third-order valence-electron chi connectivity index (χ3n) is 17.7. The van der Waals surface area contributed by atoms with Gasteiger partial charge in [-0.1, -0.05) is 118 Å². The van der Waals surface area contributed by atoms with Gasteiger partial charge in [-0.3, -0.25) is 43.8 Å². The average Bonchev–Trinajstić information content (AvgIpc) is 1.85. The van der Waals surface area contributed by atoms with E-state index in [1.807, 2.05) is 59.7 Å². The molecule has 1 fully saturated rings. The zero-order valence-electron chi connectivity index (χ0n) is 56.4. The van der Waals surface area contributed by atoms with Crippen LogP contribution in [0.25, 0.3) is 0 Å². The lowest BCUT2D eigenvalue weighted by molar-refractivity contribution is -0.149. The lowest BCUT2D eigenvalue weighted by Gasteiger charge is -2.41. The number of ether oxygens (including phenoxy) is 3. The van der Waals surface area contributed by atoms with Crippen molar-refractivity contribution in [2.45, 2.75) is 208 Å². The summed E-state index contributed by atoms with van der Waals surface area (Å²) in [6.45, 7) is 18.8. The van der Waals surface area contributed by atoms with Gasteiger partial charge in [0.15, 0.2) is 11.6 Å². The number of aliphatic hydroxyl groups is 1. The van der Waals surface area contributed by atoms with Gasteiger partial charge < -0.3 is 61.0 Å². The average molecular weight is 1280 g/mol. The van der Waals surface area contributed by atoms with Crippen LogP contribution in [0, 0.1) is 41.4 Å². The Labute approximate surface area is 539 Å². The molecule has 1 heterocycles. The maximum atomic E-state index is 14.9. The molecule has 24 heteroatoms. The van der Waals surface area contributed by atoms with Crippen LogP contribution in [0.3, 0.4) is 0 Å². The zero-order valence-corrected chi connectivity index (χ0v) is 56.4. The maximum absolute atomic E-state index is 14.9. The van der Waals surface area contributed by atoms with E-state index in [-0.39, 0.29) is 116 Å². The Kier molecular flexibility index (Phi) is 33.9. The smallest absolute Gasteiger partial charge is 0.410 e. The van der Waals surface area contributed by atoms with Gasteiger partial charge in [0, 0.05) is 84.6 Å². The molecule has 2 unspecified atom stereocenters. The number of Topliss-reactive ketones (excluding diaryl/α,β-unsaturated/α-hetero) is 2. The van der Waals surface area contributed by atoms with Crippen molar-refractivity contribution in [3.8, 4) is 0 Å². The Morgan fingerprint density at radius 2 is 1.36 bits per heavy atom. The Bertz CT molecular complexity index is 2660. The van der Waals surface area contributed by atoms with Crippen molar-refractivity contribution in [2.75, 3.05) is 46.7 Å². The van der Waals surface area contributed by atoms with E-state index in [4.69, 9.17) is 25.8 Å². The molecule has 0 radical (unpaired) electrons. The molecule has 0 aliphatic carbocycles. The number of hydrogen-bond donors (Lipinski definition) is 8. The summed E-state index contributed by atoms with van der Waals surface area (Å²) in [5.74, 6) is -0.889. The Morgan fingerprint density at radius 1 is 0.725 bits per heavy atom. The number of nitrogens with one attached hydrogen (secondary N) is 5. The first kappa shape index (κ1) is 78.2. The molecule has 3 rings (SSSR count). The predicted molar refractivity (Wildman–Crippen MR) is 347 cm³/mol. The van der Waals surface area contributed by atoms with Crippen molar-refractivity contribution >= 4 is 64.8 Å². The number of methoxy groups -OCH3 is 2. The summed E-state index contributed by atoms with van der Waals surface area (Å²) in [7, 11) is 6.20. The van der Waals surface area contributed by atoms with Gasteiger partial charge in [0.2, 0.25) is 35.4 Å².